The first kappa shape index (κ1) is 17.9. The maximum Gasteiger partial charge on any atom is 0.416 e. The number of nitrogens with one attached hydrogen (secondary N) is 1. The molecule has 0 saturated heterocycles. The quantitative estimate of drug-likeness (QED) is 0.563. The summed E-state index contributed by atoms with van der Waals surface area (Å²) in [7, 11) is 0. The molecule has 3 aromatic heterocycles. The molecule has 0 bridgehead atoms. The van der Waals surface area contributed by atoms with Crippen LogP contribution in [0.1, 0.15) is 12.5 Å². The first-order valence-corrected chi connectivity index (χ1v) is 9.03. The third-order valence-corrected chi connectivity index (χ3v) is 4.63. The Labute approximate surface area is 154 Å². The van der Waals surface area contributed by atoms with Crippen molar-refractivity contribution in [2.24, 2.45) is 0 Å². The van der Waals surface area contributed by atoms with E-state index in [1.54, 1.807) is 18.0 Å². The highest BCUT2D eigenvalue weighted by Crippen LogP contribution is 2.33. The highest BCUT2D eigenvalue weighted by Gasteiger charge is 2.31. The summed E-state index contributed by atoms with van der Waals surface area (Å²) in [5.41, 5.74) is 0.472. The summed E-state index contributed by atoms with van der Waals surface area (Å²) in [4.78, 5) is 16.6. The predicted molar refractivity (Wildman–Crippen MR) is 94.1 cm³/mol. The van der Waals surface area contributed by atoms with Crippen molar-refractivity contribution in [3.8, 4) is 22.9 Å². The molecular weight excluding hydrogens is 417 g/mol. The molecule has 0 radical (unpaired) electrons. The molecule has 9 heteroatoms. The Hall–Kier alpha value is -1.87. The van der Waals surface area contributed by atoms with Gasteiger partial charge in [0.15, 0.2) is 5.82 Å². The van der Waals surface area contributed by atoms with Crippen LogP contribution < -0.4 is 0 Å². The summed E-state index contributed by atoms with van der Waals surface area (Å²) < 4.78 is 39.4. The van der Waals surface area contributed by atoms with E-state index < -0.39 is 11.7 Å². The highest BCUT2D eigenvalue weighted by atomic mass is 79.9. The second kappa shape index (κ2) is 7.17. The van der Waals surface area contributed by atoms with Crippen LogP contribution in [0.15, 0.2) is 46.2 Å². The van der Waals surface area contributed by atoms with Crippen LogP contribution in [0.3, 0.4) is 0 Å². The number of hydrogen-bond acceptors (Lipinski definition) is 4. The van der Waals surface area contributed by atoms with Crippen molar-refractivity contribution in [1.29, 1.82) is 0 Å². The largest absolute Gasteiger partial charge is 0.416 e. The standard InChI is InChI=1S/C16H12BrF3N4S/c1-2-25-13-6-10(17)7-22-14(13)15-23-8-12(24-15)11-5-9(3-4-21-11)16(18,19)20/h3-8H,2H2,1H3,(H,23,24). The van der Waals surface area contributed by atoms with Crippen molar-refractivity contribution in [1.82, 2.24) is 19.9 Å². The van der Waals surface area contributed by atoms with E-state index in [-0.39, 0.29) is 5.69 Å². The number of imidazole rings is 1. The van der Waals surface area contributed by atoms with Gasteiger partial charge >= 0.3 is 6.18 Å². The molecule has 0 saturated carbocycles. The zero-order valence-electron chi connectivity index (χ0n) is 12.9. The average molecular weight is 429 g/mol. The third-order valence-electron chi connectivity index (χ3n) is 3.28. The molecule has 0 amide bonds. The second-order valence-electron chi connectivity index (χ2n) is 5.01. The zero-order chi connectivity index (χ0) is 18.0. The Balaban J connectivity index is 1.99. The van der Waals surface area contributed by atoms with Gasteiger partial charge in [-0.15, -0.1) is 11.8 Å². The topological polar surface area (TPSA) is 54.5 Å². The minimum atomic E-state index is -4.42. The molecule has 0 aliphatic carbocycles. The summed E-state index contributed by atoms with van der Waals surface area (Å²) >= 11 is 4.99. The Bertz CT molecular complexity index is 895. The fourth-order valence-electron chi connectivity index (χ4n) is 2.19. The van der Waals surface area contributed by atoms with Crippen molar-refractivity contribution in [2.45, 2.75) is 18.0 Å². The van der Waals surface area contributed by atoms with E-state index >= 15 is 0 Å². The van der Waals surface area contributed by atoms with Crippen LogP contribution in [0.25, 0.3) is 22.9 Å². The molecule has 130 valence electrons. The maximum atomic E-state index is 12.9. The van der Waals surface area contributed by atoms with Gasteiger partial charge in [-0.1, -0.05) is 6.92 Å². The lowest BCUT2D eigenvalue weighted by Crippen LogP contribution is -2.05. The number of halogens is 4. The molecule has 0 aromatic carbocycles. The number of aromatic nitrogens is 4. The van der Waals surface area contributed by atoms with Crippen LogP contribution in [0.4, 0.5) is 13.2 Å². The molecule has 1 N–H and O–H groups in total. The molecule has 0 fully saturated rings. The molecule has 3 heterocycles. The van der Waals surface area contributed by atoms with Crippen LogP contribution >= 0.6 is 27.7 Å². The van der Waals surface area contributed by atoms with Gasteiger partial charge in [-0.2, -0.15) is 13.2 Å². The summed E-state index contributed by atoms with van der Waals surface area (Å²) in [5, 5.41) is 0. The molecule has 0 spiro atoms. The predicted octanol–water partition coefficient (Wildman–Crippen LogP) is 5.43. The van der Waals surface area contributed by atoms with Gasteiger partial charge < -0.3 is 4.98 Å². The van der Waals surface area contributed by atoms with Crippen molar-refractivity contribution < 1.29 is 13.2 Å². The van der Waals surface area contributed by atoms with Gasteiger partial charge in [0.1, 0.15) is 5.69 Å². The van der Waals surface area contributed by atoms with Crippen LogP contribution in [0.2, 0.25) is 0 Å². The lowest BCUT2D eigenvalue weighted by atomic mass is 10.2. The Morgan fingerprint density at radius 3 is 2.68 bits per heavy atom. The fraction of sp³-hybridized carbons (Fsp3) is 0.188. The van der Waals surface area contributed by atoms with Crippen molar-refractivity contribution in [3.05, 3.63) is 46.8 Å². The highest BCUT2D eigenvalue weighted by molar-refractivity contribution is 9.10. The lowest BCUT2D eigenvalue weighted by Gasteiger charge is -2.07. The Morgan fingerprint density at radius 2 is 1.96 bits per heavy atom. The summed E-state index contributed by atoms with van der Waals surface area (Å²) in [5.74, 6) is 1.34. The summed E-state index contributed by atoms with van der Waals surface area (Å²) in [6.45, 7) is 2.02. The smallest absolute Gasteiger partial charge is 0.335 e. The van der Waals surface area contributed by atoms with Crippen LogP contribution in [-0.4, -0.2) is 25.7 Å². The number of aromatic amines is 1. The number of thioether (sulfide) groups is 1. The summed E-state index contributed by atoms with van der Waals surface area (Å²) in [6.07, 6.45) is -0.171. The van der Waals surface area contributed by atoms with E-state index in [0.29, 0.717) is 17.2 Å². The Kier molecular flexibility index (Phi) is 5.14. The van der Waals surface area contributed by atoms with Gasteiger partial charge in [0.05, 0.1) is 23.1 Å². The van der Waals surface area contributed by atoms with Gasteiger partial charge in [0.25, 0.3) is 0 Å². The number of rotatable bonds is 4. The maximum absolute atomic E-state index is 12.9. The first-order valence-electron chi connectivity index (χ1n) is 7.26. The molecule has 3 aromatic rings. The van der Waals surface area contributed by atoms with E-state index in [4.69, 9.17) is 0 Å². The minimum absolute atomic E-state index is 0.176. The molecule has 25 heavy (non-hydrogen) atoms. The minimum Gasteiger partial charge on any atom is -0.335 e. The normalized spacial score (nSPS) is 11.7. The van der Waals surface area contributed by atoms with Gasteiger partial charge in [-0.25, -0.2) is 4.98 Å². The molecule has 0 aliphatic rings. The van der Waals surface area contributed by atoms with Crippen LogP contribution in [0.5, 0.6) is 0 Å². The molecule has 0 unspecified atom stereocenters. The molecule has 0 atom stereocenters. The monoisotopic (exact) mass is 428 g/mol. The van der Waals surface area contributed by atoms with Gasteiger partial charge in [0, 0.05) is 21.8 Å². The third kappa shape index (κ3) is 4.04. The fourth-order valence-corrected chi connectivity index (χ4v) is 3.48. The van der Waals surface area contributed by atoms with Gasteiger partial charge in [-0.3, -0.25) is 9.97 Å². The van der Waals surface area contributed by atoms with Crippen LogP contribution in [-0.2, 0) is 6.18 Å². The van der Waals surface area contributed by atoms with Gasteiger partial charge in [-0.05, 0) is 39.9 Å². The van der Waals surface area contributed by atoms with E-state index in [9.17, 15) is 13.2 Å². The van der Waals surface area contributed by atoms with E-state index in [1.165, 1.54) is 6.20 Å². The van der Waals surface area contributed by atoms with Crippen molar-refractivity contribution in [2.75, 3.05) is 5.75 Å². The zero-order valence-corrected chi connectivity index (χ0v) is 15.3. The number of pyridine rings is 2. The lowest BCUT2D eigenvalue weighted by molar-refractivity contribution is -0.137. The van der Waals surface area contributed by atoms with Crippen molar-refractivity contribution >= 4 is 27.7 Å². The number of nitrogens with zero attached hydrogens (tertiary/aromatic N) is 3. The van der Waals surface area contributed by atoms with Crippen LogP contribution in [0, 0.1) is 0 Å². The first-order chi connectivity index (χ1) is 11.9. The molecule has 3 rings (SSSR count). The average Bonchev–Trinajstić information content (AvgIpc) is 3.04. The van der Waals surface area contributed by atoms with E-state index in [2.05, 4.69) is 35.9 Å². The second-order valence-corrected chi connectivity index (χ2v) is 7.23. The number of H-pyrrole nitrogens is 1. The van der Waals surface area contributed by atoms with Gasteiger partial charge in [0.2, 0.25) is 0 Å². The summed E-state index contributed by atoms with van der Waals surface area (Å²) in [6, 6.07) is 3.86. The van der Waals surface area contributed by atoms with Crippen molar-refractivity contribution in [3.63, 3.8) is 0 Å². The molecular formula is C16H12BrF3N4S. The molecule has 4 nitrogen and oxygen atoms in total. The molecule has 0 aliphatic heterocycles. The SMILES string of the molecule is CCSc1cc(Br)cnc1-c1ncc(-c2cc(C(F)(F)F)ccn2)[nH]1. The Morgan fingerprint density at radius 1 is 1.16 bits per heavy atom. The number of alkyl halides is 3. The van der Waals surface area contributed by atoms with E-state index in [1.807, 2.05) is 13.0 Å². The van der Waals surface area contributed by atoms with E-state index in [0.717, 1.165) is 33.5 Å². The number of hydrogen-bond donors (Lipinski definition) is 1.